The Morgan fingerprint density at radius 2 is 2.05 bits per heavy atom. The molecular weight excluding hydrogens is 240 g/mol. The number of ether oxygens (including phenoxy) is 1. The highest BCUT2D eigenvalue weighted by molar-refractivity contribution is 5.28. The number of aliphatic hydroxyl groups is 1. The Labute approximate surface area is 113 Å². The Morgan fingerprint density at radius 3 is 2.79 bits per heavy atom. The summed E-state index contributed by atoms with van der Waals surface area (Å²) in [7, 11) is 1.65. The van der Waals surface area contributed by atoms with E-state index in [0.717, 1.165) is 16.9 Å². The molecule has 4 heteroatoms. The van der Waals surface area contributed by atoms with Crippen molar-refractivity contribution in [2.45, 2.75) is 12.6 Å². The maximum Gasteiger partial charge on any atom is 0.119 e. The highest BCUT2D eigenvalue weighted by Gasteiger charge is 2.06. The molecule has 0 aliphatic rings. The molecule has 0 fully saturated rings. The van der Waals surface area contributed by atoms with E-state index < -0.39 is 6.10 Å². The van der Waals surface area contributed by atoms with E-state index in [4.69, 9.17) is 4.74 Å². The van der Waals surface area contributed by atoms with E-state index in [9.17, 15) is 5.11 Å². The van der Waals surface area contributed by atoms with Crippen molar-refractivity contribution < 1.29 is 9.84 Å². The van der Waals surface area contributed by atoms with Crippen LogP contribution in [0.5, 0.6) is 5.75 Å². The third-order valence-electron chi connectivity index (χ3n) is 2.89. The van der Waals surface area contributed by atoms with Crippen LogP contribution in [0.2, 0.25) is 0 Å². The molecule has 2 aromatic rings. The maximum atomic E-state index is 9.98. The smallest absolute Gasteiger partial charge is 0.119 e. The van der Waals surface area contributed by atoms with Crippen LogP contribution in [0.4, 0.5) is 0 Å². The number of benzene rings is 1. The van der Waals surface area contributed by atoms with Crippen molar-refractivity contribution in [1.29, 1.82) is 0 Å². The zero-order chi connectivity index (χ0) is 13.5. The van der Waals surface area contributed by atoms with Crippen LogP contribution in [0.1, 0.15) is 17.2 Å². The lowest BCUT2D eigenvalue weighted by atomic mass is 10.1. The molecule has 1 atom stereocenters. The zero-order valence-electron chi connectivity index (χ0n) is 10.9. The minimum Gasteiger partial charge on any atom is -0.497 e. The summed E-state index contributed by atoms with van der Waals surface area (Å²) in [6.07, 6.45) is 2.84. The fourth-order valence-electron chi connectivity index (χ4n) is 1.84. The molecule has 1 aromatic heterocycles. The van der Waals surface area contributed by atoms with Gasteiger partial charge < -0.3 is 15.2 Å². The van der Waals surface area contributed by atoms with E-state index in [2.05, 4.69) is 10.3 Å². The van der Waals surface area contributed by atoms with E-state index in [-0.39, 0.29) is 0 Å². The first-order chi connectivity index (χ1) is 9.29. The molecule has 0 aliphatic carbocycles. The molecule has 2 N–H and O–H groups in total. The molecule has 100 valence electrons. The third-order valence-corrected chi connectivity index (χ3v) is 2.89. The van der Waals surface area contributed by atoms with Crippen LogP contribution >= 0.6 is 0 Å². The lowest BCUT2D eigenvalue weighted by Crippen LogP contribution is -2.21. The largest absolute Gasteiger partial charge is 0.497 e. The standard InChI is InChI=1S/C15H18N2O2/c1-19-14-4-2-3-12(9-14)10-17-11-15(18)13-5-7-16-8-6-13/h2-9,15,17-18H,10-11H2,1H3. The molecule has 4 nitrogen and oxygen atoms in total. The molecule has 19 heavy (non-hydrogen) atoms. The number of nitrogens with one attached hydrogen (secondary N) is 1. The van der Waals surface area contributed by atoms with E-state index in [1.54, 1.807) is 19.5 Å². The average Bonchev–Trinajstić information content (AvgIpc) is 2.48. The molecule has 0 aliphatic heterocycles. The van der Waals surface area contributed by atoms with E-state index in [1.165, 1.54) is 0 Å². The van der Waals surface area contributed by atoms with Gasteiger partial charge in [-0.25, -0.2) is 0 Å². The van der Waals surface area contributed by atoms with Gasteiger partial charge in [-0.1, -0.05) is 12.1 Å². The molecule has 0 amide bonds. The number of aliphatic hydroxyl groups excluding tert-OH is 1. The molecule has 1 aromatic carbocycles. The lowest BCUT2D eigenvalue weighted by molar-refractivity contribution is 0.174. The number of hydrogen-bond donors (Lipinski definition) is 2. The first-order valence-corrected chi connectivity index (χ1v) is 6.21. The molecule has 1 heterocycles. The van der Waals surface area contributed by atoms with Gasteiger partial charge in [-0.15, -0.1) is 0 Å². The Bertz CT molecular complexity index is 503. The summed E-state index contributed by atoms with van der Waals surface area (Å²) in [4.78, 5) is 3.93. The Hall–Kier alpha value is -1.91. The van der Waals surface area contributed by atoms with Gasteiger partial charge in [0.05, 0.1) is 13.2 Å². The predicted molar refractivity (Wildman–Crippen MR) is 73.9 cm³/mol. The zero-order valence-corrected chi connectivity index (χ0v) is 10.9. The van der Waals surface area contributed by atoms with Gasteiger partial charge in [0.25, 0.3) is 0 Å². The molecule has 0 bridgehead atoms. The van der Waals surface area contributed by atoms with E-state index in [0.29, 0.717) is 13.1 Å². The number of hydrogen-bond acceptors (Lipinski definition) is 4. The van der Waals surface area contributed by atoms with Gasteiger partial charge in [-0.2, -0.15) is 0 Å². The van der Waals surface area contributed by atoms with Gasteiger partial charge in [0.1, 0.15) is 5.75 Å². The number of nitrogens with zero attached hydrogens (tertiary/aromatic N) is 1. The Balaban J connectivity index is 1.83. The van der Waals surface area contributed by atoms with E-state index >= 15 is 0 Å². The third kappa shape index (κ3) is 4.05. The maximum absolute atomic E-state index is 9.98. The van der Waals surface area contributed by atoms with Crippen molar-refractivity contribution in [1.82, 2.24) is 10.3 Å². The van der Waals surface area contributed by atoms with Crippen LogP contribution in [0.15, 0.2) is 48.8 Å². The predicted octanol–water partition coefficient (Wildman–Crippen LogP) is 1.91. The number of aromatic nitrogens is 1. The lowest BCUT2D eigenvalue weighted by Gasteiger charge is -2.12. The van der Waals surface area contributed by atoms with Gasteiger partial charge in [0.15, 0.2) is 0 Å². The highest BCUT2D eigenvalue weighted by atomic mass is 16.5. The molecule has 0 spiro atoms. The van der Waals surface area contributed by atoms with Crippen LogP contribution in [0.3, 0.4) is 0 Å². The van der Waals surface area contributed by atoms with Crippen LogP contribution in [-0.4, -0.2) is 23.7 Å². The second-order valence-electron chi connectivity index (χ2n) is 4.28. The summed E-state index contributed by atoms with van der Waals surface area (Å²) in [5.41, 5.74) is 1.99. The minimum atomic E-state index is -0.520. The van der Waals surface area contributed by atoms with Crippen molar-refractivity contribution in [3.8, 4) is 5.75 Å². The molecular formula is C15H18N2O2. The molecule has 0 saturated heterocycles. The van der Waals surface area contributed by atoms with Crippen LogP contribution in [0.25, 0.3) is 0 Å². The summed E-state index contributed by atoms with van der Waals surface area (Å²) in [5.74, 6) is 0.842. The normalized spacial score (nSPS) is 12.1. The first kappa shape index (κ1) is 13.5. The van der Waals surface area contributed by atoms with Crippen LogP contribution in [-0.2, 0) is 6.54 Å². The number of methoxy groups -OCH3 is 1. The van der Waals surface area contributed by atoms with Gasteiger partial charge in [0, 0.05) is 25.5 Å². The van der Waals surface area contributed by atoms with Gasteiger partial charge >= 0.3 is 0 Å². The second kappa shape index (κ2) is 6.87. The molecule has 0 saturated carbocycles. The summed E-state index contributed by atoms with van der Waals surface area (Å²) in [6, 6.07) is 11.5. The SMILES string of the molecule is COc1cccc(CNCC(O)c2ccncc2)c1. The monoisotopic (exact) mass is 258 g/mol. The summed E-state index contributed by atoms with van der Waals surface area (Å²) < 4.78 is 5.17. The topological polar surface area (TPSA) is 54.4 Å². The van der Waals surface area contributed by atoms with Crippen molar-refractivity contribution in [2.24, 2.45) is 0 Å². The fourth-order valence-corrected chi connectivity index (χ4v) is 1.84. The Kier molecular flexibility index (Phi) is 4.89. The summed E-state index contributed by atoms with van der Waals surface area (Å²) >= 11 is 0. The van der Waals surface area contributed by atoms with Crippen molar-refractivity contribution in [3.05, 3.63) is 59.9 Å². The van der Waals surface area contributed by atoms with Crippen molar-refractivity contribution in [2.75, 3.05) is 13.7 Å². The molecule has 0 radical (unpaired) electrons. The molecule has 1 unspecified atom stereocenters. The fraction of sp³-hybridized carbons (Fsp3) is 0.267. The highest BCUT2D eigenvalue weighted by Crippen LogP contribution is 2.13. The van der Waals surface area contributed by atoms with Crippen LogP contribution in [0, 0.1) is 0 Å². The van der Waals surface area contributed by atoms with Crippen molar-refractivity contribution >= 4 is 0 Å². The molecule has 2 rings (SSSR count). The van der Waals surface area contributed by atoms with Gasteiger partial charge in [-0.05, 0) is 35.4 Å². The number of pyridine rings is 1. The van der Waals surface area contributed by atoms with Crippen LogP contribution < -0.4 is 10.1 Å². The summed E-state index contributed by atoms with van der Waals surface area (Å²) in [6.45, 7) is 1.20. The van der Waals surface area contributed by atoms with Gasteiger partial charge in [0.2, 0.25) is 0 Å². The van der Waals surface area contributed by atoms with Gasteiger partial charge in [-0.3, -0.25) is 4.98 Å². The van der Waals surface area contributed by atoms with Crippen molar-refractivity contribution in [3.63, 3.8) is 0 Å². The second-order valence-corrected chi connectivity index (χ2v) is 4.28. The summed E-state index contributed by atoms with van der Waals surface area (Å²) in [5, 5.41) is 13.2. The minimum absolute atomic E-state index is 0.501. The first-order valence-electron chi connectivity index (χ1n) is 6.21. The quantitative estimate of drug-likeness (QED) is 0.831. The average molecular weight is 258 g/mol. The number of rotatable bonds is 6. The Morgan fingerprint density at radius 1 is 1.26 bits per heavy atom. The van der Waals surface area contributed by atoms with E-state index in [1.807, 2.05) is 36.4 Å².